The zero-order valence-corrected chi connectivity index (χ0v) is 13.6. The van der Waals surface area contributed by atoms with Gasteiger partial charge in [-0.2, -0.15) is 0 Å². The van der Waals surface area contributed by atoms with Crippen molar-refractivity contribution in [1.82, 2.24) is 10.2 Å². The van der Waals surface area contributed by atoms with Crippen LogP contribution in [0.4, 0.5) is 4.79 Å². The second-order valence-electron chi connectivity index (χ2n) is 6.72. The van der Waals surface area contributed by atoms with Crippen LogP contribution in [0, 0.1) is 18.3 Å². The molecule has 1 N–H and O–H groups in total. The van der Waals surface area contributed by atoms with Crippen LogP contribution in [0.15, 0.2) is 0 Å². The number of terminal acetylenes is 1. The van der Waals surface area contributed by atoms with Crippen molar-refractivity contribution in [2.45, 2.75) is 65.1 Å². The lowest BCUT2D eigenvalue weighted by Gasteiger charge is -2.30. The number of carbonyl (C=O) groups is 2. The van der Waals surface area contributed by atoms with Crippen molar-refractivity contribution in [2.24, 2.45) is 5.92 Å². The number of rotatable bonds is 3. The molecule has 1 heterocycles. The molecule has 0 aromatic carbocycles. The highest BCUT2D eigenvalue weighted by Crippen LogP contribution is 2.19. The van der Waals surface area contributed by atoms with Crippen LogP contribution in [0.2, 0.25) is 0 Å². The van der Waals surface area contributed by atoms with Crippen LogP contribution >= 0.6 is 0 Å². The summed E-state index contributed by atoms with van der Waals surface area (Å²) in [6.45, 7) is 9.78. The molecule has 1 saturated heterocycles. The highest BCUT2D eigenvalue weighted by Gasteiger charge is 2.35. The third-order valence-corrected chi connectivity index (χ3v) is 3.33. The van der Waals surface area contributed by atoms with Gasteiger partial charge in [-0.3, -0.25) is 4.79 Å². The minimum absolute atomic E-state index is 0.0379. The number of nitrogens with one attached hydrogen (secondary N) is 1. The van der Waals surface area contributed by atoms with Gasteiger partial charge in [0.25, 0.3) is 0 Å². The number of likely N-dealkylation sites (tertiary alicyclic amines) is 1. The summed E-state index contributed by atoms with van der Waals surface area (Å²) in [4.78, 5) is 26.2. The van der Waals surface area contributed by atoms with Gasteiger partial charge in [-0.25, -0.2) is 4.79 Å². The maximum Gasteiger partial charge on any atom is 0.408 e. The Morgan fingerprint density at radius 2 is 2.00 bits per heavy atom. The first-order valence-corrected chi connectivity index (χ1v) is 7.42. The summed E-state index contributed by atoms with van der Waals surface area (Å²) in [5.74, 6) is 2.48. The lowest BCUT2D eigenvalue weighted by atomic mass is 10.0. The summed E-state index contributed by atoms with van der Waals surface area (Å²) in [5, 5.41) is 2.67. The summed E-state index contributed by atoms with van der Waals surface area (Å²) in [5.41, 5.74) is -0.594. The molecule has 0 aliphatic carbocycles. The summed E-state index contributed by atoms with van der Waals surface area (Å²) in [6, 6.07) is -0.784. The lowest BCUT2D eigenvalue weighted by Crippen LogP contribution is -2.53. The van der Waals surface area contributed by atoms with E-state index in [9.17, 15) is 9.59 Å². The van der Waals surface area contributed by atoms with E-state index in [1.807, 2.05) is 13.8 Å². The van der Waals surface area contributed by atoms with Crippen LogP contribution in [0.1, 0.15) is 47.5 Å². The largest absolute Gasteiger partial charge is 0.444 e. The van der Waals surface area contributed by atoms with Crippen molar-refractivity contribution >= 4 is 12.0 Å². The number of amides is 2. The number of hydrogen-bond donors (Lipinski definition) is 1. The molecule has 1 aliphatic heterocycles. The van der Waals surface area contributed by atoms with E-state index in [0.29, 0.717) is 6.54 Å². The van der Waals surface area contributed by atoms with Crippen LogP contribution in [0.25, 0.3) is 0 Å². The number of carbonyl (C=O) groups excluding carboxylic acids is 2. The molecule has 0 radical (unpaired) electrons. The highest BCUT2D eigenvalue weighted by molar-refractivity contribution is 5.86. The van der Waals surface area contributed by atoms with E-state index in [1.165, 1.54) is 0 Å². The van der Waals surface area contributed by atoms with E-state index < -0.39 is 17.7 Å². The van der Waals surface area contributed by atoms with Gasteiger partial charge in [0.05, 0.1) is 6.04 Å². The minimum atomic E-state index is -0.617. The topological polar surface area (TPSA) is 58.6 Å². The smallest absolute Gasteiger partial charge is 0.408 e. The molecule has 2 amide bonds. The Bertz CT molecular complexity index is 432. The molecule has 21 heavy (non-hydrogen) atoms. The van der Waals surface area contributed by atoms with E-state index >= 15 is 0 Å². The first-order chi connectivity index (χ1) is 9.65. The maximum atomic E-state index is 12.6. The SMILES string of the molecule is C#C[C@@H]1CCCN1C(=O)[C@@H](NC(=O)OC(C)(C)C)C(C)C. The van der Waals surface area contributed by atoms with E-state index in [0.717, 1.165) is 12.8 Å². The molecule has 5 heteroatoms. The van der Waals surface area contributed by atoms with E-state index in [1.54, 1.807) is 25.7 Å². The summed E-state index contributed by atoms with van der Waals surface area (Å²) >= 11 is 0. The summed E-state index contributed by atoms with van der Waals surface area (Å²) < 4.78 is 5.22. The van der Waals surface area contributed by atoms with Crippen molar-refractivity contribution in [2.75, 3.05) is 6.54 Å². The van der Waals surface area contributed by atoms with Gasteiger partial charge in [0.1, 0.15) is 11.6 Å². The zero-order valence-electron chi connectivity index (χ0n) is 13.6. The third kappa shape index (κ3) is 4.96. The predicted molar refractivity (Wildman–Crippen MR) is 81.6 cm³/mol. The molecule has 0 aromatic rings. The van der Waals surface area contributed by atoms with Gasteiger partial charge < -0.3 is 15.0 Å². The molecule has 0 aromatic heterocycles. The fourth-order valence-corrected chi connectivity index (χ4v) is 2.33. The van der Waals surface area contributed by atoms with E-state index in [2.05, 4.69) is 11.2 Å². The van der Waals surface area contributed by atoms with E-state index in [4.69, 9.17) is 11.2 Å². The van der Waals surface area contributed by atoms with Crippen molar-refractivity contribution in [1.29, 1.82) is 0 Å². The number of alkyl carbamates (subject to hydrolysis) is 1. The monoisotopic (exact) mass is 294 g/mol. The van der Waals surface area contributed by atoms with Crippen LogP contribution in [0.3, 0.4) is 0 Å². The Hall–Kier alpha value is -1.70. The van der Waals surface area contributed by atoms with Crippen LogP contribution < -0.4 is 5.32 Å². The van der Waals surface area contributed by atoms with Crippen LogP contribution in [-0.2, 0) is 9.53 Å². The van der Waals surface area contributed by atoms with Gasteiger partial charge in [-0.05, 0) is 39.5 Å². The van der Waals surface area contributed by atoms with Crippen molar-refractivity contribution in [3.63, 3.8) is 0 Å². The van der Waals surface area contributed by atoms with Crippen molar-refractivity contribution in [3.8, 4) is 12.3 Å². The maximum absolute atomic E-state index is 12.6. The van der Waals surface area contributed by atoms with Crippen LogP contribution in [-0.4, -0.2) is 41.1 Å². The molecule has 0 saturated carbocycles. The van der Waals surface area contributed by atoms with Gasteiger partial charge in [-0.15, -0.1) is 6.42 Å². The van der Waals surface area contributed by atoms with Gasteiger partial charge in [0.15, 0.2) is 0 Å². The zero-order chi connectivity index (χ0) is 16.2. The Morgan fingerprint density at radius 1 is 1.38 bits per heavy atom. The van der Waals surface area contributed by atoms with Gasteiger partial charge in [0, 0.05) is 6.54 Å². The molecule has 0 spiro atoms. The molecule has 118 valence electrons. The molecular weight excluding hydrogens is 268 g/mol. The van der Waals surface area contributed by atoms with Gasteiger partial charge >= 0.3 is 6.09 Å². The highest BCUT2D eigenvalue weighted by atomic mass is 16.6. The Morgan fingerprint density at radius 3 is 2.48 bits per heavy atom. The first-order valence-electron chi connectivity index (χ1n) is 7.42. The van der Waals surface area contributed by atoms with Crippen molar-refractivity contribution < 1.29 is 14.3 Å². The third-order valence-electron chi connectivity index (χ3n) is 3.33. The Balaban J connectivity index is 2.76. The summed E-state index contributed by atoms with van der Waals surface area (Å²) in [7, 11) is 0. The van der Waals surface area contributed by atoms with Gasteiger partial charge in [0.2, 0.25) is 5.91 Å². The average molecular weight is 294 g/mol. The molecule has 1 rings (SSSR count). The Kier molecular flexibility index (Phi) is 5.65. The molecule has 2 atom stereocenters. The number of nitrogens with zero attached hydrogens (tertiary/aromatic N) is 1. The second-order valence-corrected chi connectivity index (χ2v) is 6.72. The minimum Gasteiger partial charge on any atom is -0.444 e. The molecule has 0 unspecified atom stereocenters. The number of ether oxygens (including phenoxy) is 1. The normalized spacial score (nSPS) is 20.0. The average Bonchev–Trinajstić information content (AvgIpc) is 2.80. The Labute approximate surface area is 127 Å². The fourth-order valence-electron chi connectivity index (χ4n) is 2.33. The quantitative estimate of drug-likeness (QED) is 0.812. The van der Waals surface area contributed by atoms with Gasteiger partial charge in [-0.1, -0.05) is 19.8 Å². The summed E-state index contributed by atoms with van der Waals surface area (Å²) in [6.07, 6.45) is 6.61. The lowest BCUT2D eigenvalue weighted by molar-refractivity contribution is -0.134. The fraction of sp³-hybridized carbons (Fsp3) is 0.750. The molecule has 0 bridgehead atoms. The molecule has 1 fully saturated rings. The van der Waals surface area contributed by atoms with Crippen molar-refractivity contribution in [3.05, 3.63) is 0 Å². The molecule has 5 nitrogen and oxygen atoms in total. The van der Waals surface area contributed by atoms with Crippen LogP contribution in [0.5, 0.6) is 0 Å². The first kappa shape index (κ1) is 17.4. The predicted octanol–water partition coefficient (Wildman–Crippen LogP) is 2.16. The number of hydrogen-bond acceptors (Lipinski definition) is 3. The molecule has 1 aliphatic rings. The second kappa shape index (κ2) is 6.84. The molecular formula is C16H26N2O3. The standard InChI is InChI=1S/C16H26N2O3/c1-7-12-9-8-10-18(12)14(19)13(11(2)3)17-15(20)21-16(4,5)6/h1,11-13H,8-10H2,2-6H3,(H,17,20)/t12-,13+/m1/s1. The van der Waals surface area contributed by atoms with E-state index in [-0.39, 0.29) is 17.9 Å².